The van der Waals surface area contributed by atoms with E-state index in [4.69, 9.17) is 9.84 Å². The molecule has 3 heterocycles. The molecule has 1 aromatic heterocycles. The molecule has 0 bridgehead atoms. The van der Waals surface area contributed by atoms with Crippen LogP contribution in [-0.4, -0.2) is 76.8 Å². The fraction of sp³-hybridized carbons (Fsp3) is 0.625. The number of aromatic nitrogens is 1. The summed E-state index contributed by atoms with van der Waals surface area (Å²) in [5, 5.41) is 13.9. The summed E-state index contributed by atoms with van der Waals surface area (Å²) in [7, 11) is 1.72. The van der Waals surface area contributed by atoms with E-state index in [1.165, 1.54) is 16.7 Å². The minimum Gasteiger partial charge on any atom is -0.476 e. The van der Waals surface area contributed by atoms with Gasteiger partial charge < -0.3 is 25.0 Å². The van der Waals surface area contributed by atoms with Crippen molar-refractivity contribution in [2.24, 2.45) is 0 Å². The fourth-order valence-electron chi connectivity index (χ4n) is 3.34. The van der Waals surface area contributed by atoms with Gasteiger partial charge in [-0.1, -0.05) is 0 Å². The Hall–Kier alpha value is -2.36. The van der Waals surface area contributed by atoms with Crippen molar-refractivity contribution in [1.29, 1.82) is 0 Å². The standard InChI is InChI=1S/C16H22N4O5S/c1-19-10-16(25-15(19)24)4-2-7-20(8-5-16)14(23)17-6-3-12-18-11(9-26-12)13(21)22/h9H,2-8,10H2,1H3,(H,17,23)(H,21,22). The van der Waals surface area contributed by atoms with Crippen molar-refractivity contribution >= 4 is 29.4 Å². The number of aromatic carboxylic acids is 1. The SMILES string of the molecule is CN1CC2(CCCN(C(=O)NCCc3nc(C(=O)O)cs3)CC2)OC1=O. The first-order valence-corrected chi connectivity index (χ1v) is 9.41. The highest BCUT2D eigenvalue weighted by atomic mass is 32.1. The number of likely N-dealkylation sites (N-methyl/N-ethyl adjacent to an activating group) is 1. The van der Waals surface area contributed by atoms with Crippen LogP contribution in [0, 0.1) is 0 Å². The Morgan fingerprint density at radius 3 is 2.88 bits per heavy atom. The molecule has 3 amide bonds. The first-order valence-electron chi connectivity index (χ1n) is 8.53. The maximum Gasteiger partial charge on any atom is 0.410 e. The molecule has 1 aromatic rings. The predicted octanol–water partition coefficient (Wildman–Crippen LogP) is 1.40. The van der Waals surface area contributed by atoms with E-state index in [9.17, 15) is 14.4 Å². The van der Waals surface area contributed by atoms with Crippen LogP contribution in [-0.2, 0) is 11.2 Å². The monoisotopic (exact) mass is 382 g/mol. The predicted molar refractivity (Wildman–Crippen MR) is 93.4 cm³/mol. The van der Waals surface area contributed by atoms with E-state index in [1.54, 1.807) is 16.8 Å². The van der Waals surface area contributed by atoms with Crippen molar-refractivity contribution in [1.82, 2.24) is 20.1 Å². The lowest BCUT2D eigenvalue weighted by Crippen LogP contribution is -2.42. The lowest BCUT2D eigenvalue weighted by atomic mass is 9.95. The van der Waals surface area contributed by atoms with E-state index in [0.29, 0.717) is 44.0 Å². The summed E-state index contributed by atoms with van der Waals surface area (Å²) in [4.78, 5) is 42.2. The minimum absolute atomic E-state index is 0.0326. The number of nitrogens with zero attached hydrogens (tertiary/aromatic N) is 3. The maximum absolute atomic E-state index is 12.4. The molecule has 142 valence electrons. The number of hydrogen-bond acceptors (Lipinski definition) is 6. The largest absolute Gasteiger partial charge is 0.476 e. The van der Waals surface area contributed by atoms with Crippen molar-refractivity contribution in [3.63, 3.8) is 0 Å². The maximum atomic E-state index is 12.4. The van der Waals surface area contributed by atoms with Crippen molar-refractivity contribution in [3.05, 3.63) is 16.1 Å². The van der Waals surface area contributed by atoms with Gasteiger partial charge in [0.1, 0.15) is 5.60 Å². The molecule has 2 N–H and O–H groups in total. The van der Waals surface area contributed by atoms with Crippen LogP contribution in [0.5, 0.6) is 0 Å². The van der Waals surface area contributed by atoms with Crippen LogP contribution in [0.15, 0.2) is 5.38 Å². The van der Waals surface area contributed by atoms with Gasteiger partial charge in [0.2, 0.25) is 0 Å². The van der Waals surface area contributed by atoms with Gasteiger partial charge >= 0.3 is 18.1 Å². The van der Waals surface area contributed by atoms with Gasteiger partial charge in [-0.25, -0.2) is 19.4 Å². The second-order valence-electron chi connectivity index (χ2n) is 6.66. The first kappa shape index (κ1) is 18.4. The Labute approximate surface area is 154 Å². The molecule has 26 heavy (non-hydrogen) atoms. The van der Waals surface area contributed by atoms with Gasteiger partial charge in [0, 0.05) is 44.9 Å². The Balaban J connectivity index is 1.46. The number of hydrogen-bond donors (Lipinski definition) is 2. The summed E-state index contributed by atoms with van der Waals surface area (Å²) in [6.45, 7) is 2.12. The molecule has 2 fully saturated rings. The third-order valence-corrected chi connectivity index (χ3v) is 5.62. The number of urea groups is 1. The molecule has 0 radical (unpaired) electrons. The average Bonchev–Trinajstić information content (AvgIpc) is 3.09. The van der Waals surface area contributed by atoms with Crippen LogP contribution in [0.1, 0.15) is 34.8 Å². The number of rotatable bonds is 4. The van der Waals surface area contributed by atoms with Crippen molar-refractivity contribution in [2.45, 2.75) is 31.3 Å². The van der Waals surface area contributed by atoms with Gasteiger partial charge in [-0.2, -0.15) is 0 Å². The summed E-state index contributed by atoms with van der Waals surface area (Å²) in [5.41, 5.74) is -0.445. The third kappa shape index (κ3) is 4.06. The van der Waals surface area contributed by atoms with Crippen molar-refractivity contribution in [2.75, 3.05) is 33.2 Å². The second kappa shape index (κ2) is 7.48. The quantitative estimate of drug-likeness (QED) is 0.814. The molecular weight excluding hydrogens is 360 g/mol. The first-order chi connectivity index (χ1) is 12.4. The van der Waals surface area contributed by atoms with Gasteiger partial charge in [-0.3, -0.25) is 0 Å². The Bertz CT molecular complexity index is 709. The Morgan fingerprint density at radius 2 is 2.23 bits per heavy atom. The number of likely N-dealkylation sites (tertiary alicyclic amines) is 1. The molecule has 1 atom stereocenters. The highest BCUT2D eigenvalue weighted by Gasteiger charge is 2.44. The summed E-state index contributed by atoms with van der Waals surface area (Å²) in [6, 6.07) is -0.158. The topological polar surface area (TPSA) is 112 Å². The van der Waals surface area contributed by atoms with Gasteiger partial charge in [-0.05, 0) is 12.8 Å². The number of nitrogens with one attached hydrogen (secondary N) is 1. The van der Waals surface area contributed by atoms with E-state index in [1.807, 2.05) is 0 Å². The highest BCUT2D eigenvalue weighted by Crippen LogP contribution is 2.32. The van der Waals surface area contributed by atoms with E-state index >= 15 is 0 Å². The molecule has 3 rings (SSSR count). The zero-order chi connectivity index (χ0) is 18.7. The van der Waals surface area contributed by atoms with Gasteiger partial charge in [0.05, 0.1) is 11.6 Å². The zero-order valence-electron chi connectivity index (χ0n) is 14.6. The average molecular weight is 382 g/mol. The lowest BCUT2D eigenvalue weighted by molar-refractivity contribution is 0.0453. The molecule has 0 aliphatic carbocycles. The highest BCUT2D eigenvalue weighted by molar-refractivity contribution is 7.09. The molecule has 10 heteroatoms. The van der Waals surface area contributed by atoms with Crippen LogP contribution in [0.2, 0.25) is 0 Å². The summed E-state index contributed by atoms with van der Waals surface area (Å²) in [5.74, 6) is -1.05. The third-order valence-electron chi connectivity index (χ3n) is 4.71. The molecule has 2 saturated heterocycles. The molecule has 0 aromatic carbocycles. The van der Waals surface area contributed by atoms with Crippen LogP contribution in [0.4, 0.5) is 9.59 Å². The smallest absolute Gasteiger partial charge is 0.410 e. The molecule has 2 aliphatic rings. The molecule has 1 spiro atoms. The number of carboxylic acid groups (broad SMARTS) is 1. The van der Waals surface area contributed by atoms with Gasteiger partial charge in [0.25, 0.3) is 0 Å². The number of carboxylic acids is 1. The molecule has 9 nitrogen and oxygen atoms in total. The number of ether oxygens (including phenoxy) is 1. The van der Waals surface area contributed by atoms with Gasteiger partial charge in [0.15, 0.2) is 5.69 Å². The van der Waals surface area contributed by atoms with Crippen LogP contribution < -0.4 is 5.32 Å². The van der Waals surface area contributed by atoms with E-state index in [2.05, 4.69) is 10.3 Å². The lowest BCUT2D eigenvalue weighted by Gasteiger charge is -2.25. The van der Waals surface area contributed by atoms with E-state index in [-0.39, 0.29) is 17.8 Å². The number of carbonyl (C=O) groups is 3. The second-order valence-corrected chi connectivity index (χ2v) is 7.60. The van der Waals surface area contributed by atoms with E-state index < -0.39 is 11.6 Å². The van der Waals surface area contributed by atoms with Gasteiger partial charge in [-0.15, -0.1) is 11.3 Å². The fourth-order valence-corrected chi connectivity index (χ4v) is 4.11. The molecule has 0 saturated carbocycles. The summed E-state index contributed by atoms with van der Waals surface area (Å²) in [6.07, 6.45) is 2.36. The zero-order valence-corrected chi connectivity index (χ0v) is 15.4. The molecular formula is C16H22N4O5S. The Kier molecular flexibility index (Phi) is 5.30. The number of thiazole rings is 1. The van der Waals surface area contributed by atoms with E-state index in [0.717, 1.165) is 12.8 Å². The summed E-state index contributed by atoms with van der Waals surface area (Å²) >= 11 is 1.27. The minimum atomic E-state index is -1.05. The van der Waals surface area contributed by atoms with Crippen molar-refractivity contribution in [3.8, 4) is 0 Å². The number of amides is 3. The molecule has 1 unspecified atom stereocenters. The van der Waals surface area contributed by atoms with Crippen LogP contribution in [0.3, 0.4) is 0 Å². The molecule has 2 aliphatic heterocycles. The van der Waals surface area contributed by atoms with Crippen molar-refractivity contribution < 1.29 is 24.2 Å². The van der Waals surface area contributed by atoms with Crippen LogP contribution in [0.25, 0.3) is 0 Å². The number of carbonyl (C=O) groups excluding carboxylic acids is 2. The van der Waals surface area contributed by atoms with Crippen LogP contribution >= 0.6 is 11.3 Å². The normalized spacial score (nSPS) is 23.0. The Morgan fingerprint density at radius 1 is 1.42 bits per heavy atom. The summed E-state index contributed by atoms with van der Waals surface area (Å²) < 4.78 is 5.54.